The van der Waals surface area contributed by atoms with E-state index >= 15 is 0 Å². The van der Waals surface area contributed by atoms with Gasteiger partial charge in [0.2, 0.25) is 0 Å². The number of halogens is 4. The molecule has 16 heavy (non-hydrogen) atoms. The molecule has 86 valence electrons. The van der Waals surface area contributed by atoms with Crippen LogP contribution in [0.25, 0.3) is 0 Å². The van der Waals surface area contributed by atoms with E-state index in [4.69, 9.17) is 11.0 Å². The average molecular weight is 295 g/mol. The highest BCUT2D eigenvalue weighted by Crippen LogP contribution is 2.40. The van der Waals surface area contributed by atoms with Crippen LogP contribution in [0.3, 0.4) is 0 Å². The topological polar surface area (TPSA) is 70.0 Å². The Hall–Kier alpha value is -1.26. The maximum atomic E-state index is 12.4. The molecule has 0 spiro atoms. The molecule has 0 fully saturated rings. The second-order valence-corrected chi connectivity index (χ2v) is 3.84. The van der Waals surface area contributed by atoms with Crippen molar-refractivity contribution in [2.24, 2.45) is 5.73 Å². The molecule has 0 saturated carbocycles. The van der Waals surface area contributed by atoms with Gasteiger partial charge in [-0.2, -0.15) is 18.4 Å². The standard InChI is InChI=1S/C9H6BrF3N2O/c10-5-2-1-4(3-14)7(16)6(5)8(15)9(11,12)13/h1-2,8,16H,15H2/t8-/m0/s1. The maximum absolute atomic E-state index is 12.4. The van der Waals surface area contributed by atoms with Gasteiger partial charge in [-0.15, -0.1) is 0 Å². The van der Waals surface area contributed by atoms with Gasteiger partial charge in [0.25, 0.3) is 0 Å². The Morgan fingerprint density at radius 3 is 2.44 bits per heavy atom. The molecule has 0 unspecified atom stereocenters. The van der Waals surface area contributed by atoms with Gasteiger partial charge in [-0.1, -0.05) is 15.9 Å². The minimum absolute atomic E-state index is 0.00817. The van der Waals surface area contributed by atoms with Crippen LogP contribution in [0.15, 0.2) is 16.6 Å². The normalized spacial score (nSPS) is 13.2. The fourth-order valence-corrected chi connectivity index (χ4v) is 1.70. The third kappa shape index (κ3) is 2.28. The third-order valence-corrected chi connectivity index (χ3v) is 2.64. The molecule has 0 aliphatic heterocycles. The number of nitriles is 1. The summed E-state index contributed by atoms with van der Waals surface area (Å²) in [7, 11) is 0. The van der Waals surface area contributed by atoms with Crippen molar-refractivity contribution in [3.8, 4) is 11.8 Å². The Bertz CT molecular complexity index is 453. The largest absolute Gasteiger partial charge is 0.506 e. The highest BCUT2D eigenvalue weighted by Gasteiger charge is 2.40. The molecule has 1 rings (SSSR count). The van der Waals surface area contributed by atoms with Crippen LogP contribution in [-0.2, 0) is 0 Å². The lowest BCUT2D eigenvalue weighted by Gasteiger charge is -2.18. The fraction of sp³-hybridized carbons (Fsp3) is 0.222. The number of rotatable bonds is 1. The predicted molar refractivity (Wildman–Crippen MR) is 53.5 cm³/mol. The van der Waals surface area contributed by atoms with Crippen LogP contribution in [0.5, 0.6) is 5.75 Å². The van der Waals surface area contributed by atoms with E-state index in [9.17, 15) is 18.3 Å². The third-order valence-electron chi connectivity index (χ3n) is 1.95. The Kier molecular flexibility index (Phi) is 3.45. The molecule has 1 aromatic carbocycles. The van der Waals surface area contributed by atoms with Gasteiger partial charge in [0.05, 0.1) is 5.56 Å². The van der Waals surface area contributed by atoms with Crippen molar-refractivity contribution < 1.29 is 18.3 Å². The predicted octanol–water partition coefficient (Wildman–Crippen LogP) is 2.59. The lowest BCUT2D eigenvalue weighted by atomic mass is 10.0. The SMILES string of the molecule is N#Cc1ccc(Br)c([C@H](N)C(F)(F)F)c1O. The molecule has 0 amide bonds. The van der Waals surface area contributed by atoms with Crippen LogP contribution in [0.4, 0.5) is 13.2 Å². The van der Waals surface area contributed by atoms with E-state index in [0.717, 1.165) is 0 Å². The first-order valence-corrected chi connectivity index (χ1v) is 4.82. The average Bonchev–Trinajstić information content (AvgIpc) is 2.16. The van der Waals surface area contributed by atoms with E-state index in [1.54, 1.807) is 6.07 Å². The Labute approximate surface area is 97.4 Å². The molecule has 3 nitrogen and oxygen atoms in total. The van der Waals surface area contributed by atoms with E-state index in [-0.39, 0.29) is 10.0 Å². The highest BCUT2D eigenvalue weighted by molar-refractivity contribution is 9.10. The van der Waals surface area contributed by atoms with E-state index in [1.807, 2.05) is 0 Å². The molecular weight excluding hydrogens is 289 g/mol. The molecule has 0 bridgehead atoms. The van der Waals surface area contributed by atoms with E-state index in [0.29, 0.717) is 0 Å². The number of phenolic OH excluding ortho intramolecular Hbond substituents is 1. The molecule has 0 radical (unpaired) electrons. The van der Waals surface area contributed by atoms with E-state index < -0.39 is 23.5 Å². The summed E-state index contributed by atoms with van der Waals surface area (Å²) in [5.74, 6) is -0.748. The highest BCUT2D eigenvalue weighted by atomic mass is 79.9. The van der Waals surface area contributed by atoms with Gasteiger partial charge in [-0.25, -0.2) is 0 Å². The number of hydrogen-bond donors (Lipinski definition) is 2. The van der Waals surface area contributed by atoms with Crippen molar-refractivity contribution in [1.29, 1.82) is 5.26 Å². The van der Waals surface area contributed by atoms with E-state index in [1.165, 1.54) is 12.1 Å². The van der Waals surface area contributed by atoms with Crippen molar-refractivity contribution in [3.63, 3.8) is 0 Å². The summed E-state index contributed by atoms with van der Waals surface area (Å²) in [6.07, 6.45) is -4.69. The lowest BCUT2D eigenvalue weighted by Crippen LogP contribution is -2.29. The van der Waals surface area contributed by atoms with Gasteiger partial charge < -0.3 is 10.8 Å². The zero-order valence-electron chi connectivity index (χ0n) is 7.72. The Morgan fingerprint density at radius 2 is 2.00 bits per heavy atom. The van der Waals surface area contributed by atoms with Crippen molar-refractivity contribution >= 4 is 15.9 Å². The van der Waals surface area contributed by atoms with Crippen molar-refractivity contribution in [2.45, 2.75) is 12.2 Å². The van der Waals surface area contributed by atoms with Gasteiger partial charge in [0.15, 0.2) is 0 Å². The van der Waals surface area contributed by atoms with Crippen LogP contribution in [0.2, 0.25) is 0 Å². The van der Waals surface area contributed by atoms with Gasteiger partial charge in [0.1, 0.15) is 17.9 Å². The second kappa shape index (κ2) is 4.31. The quantitative estimate of drug-likeness (QED) is 0.836. The number of hydrogen-bond acceptors (Lipinski definition) is 3. The molecule has 0 aromatic heterocycles. The van der Waals surface area contributed by atoms with Gasteiger partial charge in [0, 0.05) is 10.0 Å². The zero-order valence-corrected chi connectivity index (χ0v) is 9.30. The van der Waals surface area contributed by atoms with E-state index in [2.05, 4.69) is 15.9 Å². The maximum Gasteiger partial charge on any atom is 0.407 e. The first-order valence-electron chi connectivity index (χ1n) is 4.02. The monoisotopic (exact) mass is 294 g/mol. The van der Waals surface area contributed by atoms with Crippen molar-refractivity contribution in [3.05, 3.63) is 27.7 Å². The lowest BCUT2D eigenvalue weighted by molar-refractivity contribution is -0.149. The number of aromatic hydroxyl groups is 1. The number of nitrogens with two attached hydrogens (primary N) is 1. The molecule has 0 aliphatic rings. The van der Waals surface area contributed by atoms with Crippen LogP contribution < -0.4 is 5.73 Å². The number of phenols is 1. The smallest absolute Gasteiger partial charge is 0.407 e. The van der Waals surface area contributed by atoms with Crippen LogP contribution in [-0.4, -0.2) is 11.3 Å². The number of nitrogens with zero attached hydrogens (tertiary/aromatic N) is 1. The number of alkyl halides is 3. The van der Waals surface area contributed by atoms with Gasteiger partial charge >= 0.3 is 6.18 Å². The first-order chi connectivity index (χ1) is 7.29. The van der Waals surface area contributed by atoms with Gasteiger partial charge in [-0.3, -0.25) is 0 Å². The summed E-state index contributed by atoms with van der Waals surface area (Å²) in [6.45, 7) is 0. The zero-order chi connectivity index (χ0) is 12.5. The van der Waals surface area contributed by atoms with Crippen LogP contribution >= 0.6 is 15.9 Å². The van der Waals surface area contributed by atoms with Crippen molar-refractivity contribution in [1.82, 2.24) is 0 Å². The summed E-state index contributed by atoms with van der Waals surface area (Å²) in [5.41, 5.74) is 4.19. The van der Waals surface area contributed by atoms with Gasteiger partial charge in [-0.05, 0) is 12.1 Å². The minimum Gasteiger partial charge on any atom is -0.506 e. The molecule has 1 aromatic rings. The summed E-state index contributed by atoms with van der Waals surface area (Å²) < 4.78 is 37.2. The summed E-state index contributed by atoms with van der Waals surface area (Å²) >= 11 is 2.85. The van der Waals surface area contributed by atoms with Crippen LogP contribution in [0, 0.1) is 11.3 Å². The minimum atomic E-state index is -4.69. The summed E-state index contributed by atoms with van der Waals surface area (Å²) in [4.78, 5) is 0. The van der Waals surface area contributed by atoms with Crippen molar-refractivity contribution in [2.75, 3.05) is 0 Å². The molecular formula is C9H6BrF3N2O. The molecule has 0 saturated heterocycles. The summed E-state index contributed by atoms with van der Waals surface area (Å²) in [5, 5.41) is 18.0. The molecule has 0 heterocycles. The second-order valence-electron chi connectivity index (χ2n) is 2.99. The molecule has 3 N–H and O–H groups in total. The Balaban J connectivity index is 3.39. The number of benzene rings is 1. The fourth-order valence-electron chi connectivity index (χ4n) is 1.13. The Morgan fingerprint density at radius 1 is 1.44 bits per heavy atom. The summed E-state index contributed by atoms with van der Waals surface area (Å²) in [6, 6.07) is 1.67. The van der Waals surface area contributed by atoms with Crippen LogP contribution in [0.1, 0.15) is 17.2 Å². The molecule has 0 aliphatic carbocycles. The first kappa shape index (κ1) is 12.8. The molecule has 1 atom stereocenters. The molecule has 7 heteroatoms.